The number of hydrogen-bond donors (Lipinski definition) is 3. The second-order valence-corrected chi connectivity index (χ2v) is 17.1. The van der Waals surface area contributed by atoms with Crippen LogP contribution in [-0.4, -0.2) is 83.9 Å². The fourth-order valence-electron chi connectivity index (χ4n) is 10.0. The predicted molar refractivity (Wildman–Crippen MR) is 241 cm³/mol. The second-order valence-electron chi connectivity index (χ2n) is 17.1. The number of amides is 2. The van der Waals surface area contributed by atoms with Crippen molar-refractivity contribution in [3.05, 3.63) is 119 Å². The van der Waals surface area contributed by atoms with E-state index in [0.717, 1.165) is 55.2 Å². The van der Waals surface area contributed by atoms with Crippen molar-refractivity contribution < 1.29 is 43.6 Å². The van der Waals surface area contributed by atoms with Crippen LogP contribution in [0.5, 0.6) is 11.5 Å². The maximum atomic E-state index is 15.0. The molecular weight excluding hydrogens is 813 g/mol. The lowest BCUT2D eigenvalue weighted by Crippen LogP contribution is -2.70. The zero-order chi connectivity index (χ0) is 44.9. The van der Waals surface area contributed by atoms with Crippen LogP contribution in [0, 0.1) is 29.1 Å². The van der Waals surface area contributed by atoms with Gasteiger partial charge in [-0.3, -0.25) is 4.79 Å². The van der Waals surface area contributed by atoms with Gasteiger partial charge in [0, 0.05) is 56.2 Å². The van der Waals surface area contributed by atoms with Gasteiger partial charge in [-0.25, -0.2) is 4.79 Å². The highest BCUT2D eigenvalue weighted by molar-refractivity contribution is 6.03. The van der Waals surface area contributed by atoms with Crippen LogP contribution in [0.2, 0.25) is 0 Å². The van der Waals surface area contributed by atoms with Crippen LogP contribution in [0.3, 0.4) is 0 Å². The molecule has 0 spiro atoms. The molecule has 64 heavy (non-hydrogen) atoms. The van der Waals surface area contributed by atoms with Gasteiger partial charge in [-0.2, -0.15) is 5.26 Å². The molecule has 13 heteroatoms. The fourth-order valence-corrected chi connectivity index (χ4v) is 10.0. The molecule has 3 N–H and O–H groups in total. The van der Waals surface area contributed by atoms with Crippen LogP contribution in [-0.2, 0) is 20.9 Å². The number of carbonyl (C=O) groups is 2. The van der Waals surface area contributed by atoms with Gasteiger partial charge in [0.2, 0.25) is 12.1 Å². The lowest BCUT2D eigenvalue weighted by molar-refractivity contribution is -0.254. The summed E-state index contributed by atoms with van der Waals surface area (Å²) < 4.78 is 26.4. The molecule has 0 aromatic heterocycles. The van der Waals surface area contributed by atoms with E-state index in [1.165, 1.54) is 0 Å². The average molecular weight is 875 g/mol. The van der Waals surface area contributed by atoms with Crippen LogP contribution in [0.25, 0.3) is 0 Å². The Bertz CT molecular complexity index is 2150. The van der Waals surface area contributed by atoms with E-state index in [4.69, 9.17) is 28.9 Å². The van der Waals surface area contributed by atoms with Gasteiger partial charge >= 0.3 is 6.09 Å². The number of nitrogens with one attached hydrogen (secondary N) is 1. The number of allylic oxidation sites excluding steroid dienone is 1. The summed E-state index contributed by atoms with van der Waals surface area (Å²) in [7, 11) is 0. The molecule has 3 aromatic rings. The van der Waals surface area contributed by atoms with Gasteiger partial charge in [0.15, 0.2) is 0 Å². The van der Waals surface area contributed by atoms with Crippen molar-refractivity contribution in [1.82, 2.24) is 10.2 Å². The molecule has 4 aliphatic rings. The van der Waals surface area contributed by atoms with Gasteiger partial charge in [-0.05, 0) is 110 Å². The van der Waals surface area contributed by atoms with Crippen LogP contribution in [0.4, 0.5) is 4.79 Å². The highest BCUT2D eigenvalue weighted by atomic mass is 16.8. The minimum atomic E-state index is -1.46. The minimum Gasteiger partial charge on any atom is -0.459 e. The lowest BCUT2D eigenvalue weighted by atomic mass is 9.55. The van der Waals surface area contributed by atoms with E-state index in [2.05, 4.69) is 24.0 Å². The molecular formula is C51H62N4O9. The molecule has 2 fully saturated rings. The number of aliphatic hydroxyl groups is 2. The number of oxime groups is 1. The number of carbonyl (C=O) groups excluding carboxylic acids is 2. The Morgan fingerprint density at radius 2 is 1.81 bits per heavy atom. The number of ether oxygens (including phenoxy) is 4. The van der Waals surface area contributed by atoms with Gasteiger partial charge in [0.25, 0.3) is 5.91 Å². The number of fused-ring (bicyclic) bond motifs is 2. The molecule has 1 saturated carbocycles. The van der Waals surface area contributed by atoms with Crippen LogP contribution < -0.4 is 14.8 Å². The third-order valence-corrected chi connectivity index (χ3v) is 12.9. The molecule has 340 valence electrons. The Labute approximate surface area is 376 Å². The molecule has 1 saturated heterocycles. The number of rotatable bonds is 20. The van der Waals surface area contributed by atoms with E-state index < -0.39 is 30.1 Å². The Hall–Kier alpha value is -5.52. The third-order valence-electron chi connectivity index (χ3n) is 12.9. The maximum absolute atomic E-state index is 15.0. The van der Waals surface area contributed by atoms with Crippen molar-refractivity contribution in [2.24, 2.45) is 22.9 Å². The Morgan fingerprint density at radius 1 is 1.03 bits per heavy atom. The molecule has 7 unspecified atom stereocenters. The zero-order valence-corrected chi connectivity index (χ0v) is 36.9. The molecule has 0 bridgehead atoms. The minimum absolute atomic E-state index is 0.0167. The van der Waals surface area contributed by atoms with E-state index >= 15 is 0 Å². The number of benzene rings is 3. The molecule has 13 nitrogen and oxygen atoms in total. The molecule has 2 aliphatic heterocycles. The van der Waals surface area contributed by atoms with Gasteiger partial charge in [0.05, 0.1) is 36.5 Å². The largest absolute Gasteiger partial charge is 0.459 e. The molecule has 7 rings (SSSR count). The lowest BCUT2D eigenvalue weighted by Gasteiger charge is -2.60. The number of unbranched alkanes of at least 4 members (excludes halogenated alkanes) is 2. The van der Waals surface area contributed by atoms with Crippen molar-refractivity contribution in [2.75, 3.05) is 33.0 Å². The second kappa shape index (κ2) is 22.4. The fraction of sp³-hybridized carbons (Fsp3) is 0.490. The normalized spacial score (nSPS) is 25.1. The predicted octanol–water partition coefficient (Wildman–Crippen LogP) is 8.56. The summed E-state index contributed by atoms with van der Waals surface area (Å²) in [5.74, 6) is -1.67. The van der Waals surface area contributed by atoms with Gasteiger partial charge in [0.1, 0.15) is 17.5 Å². The van der Waals surface area contributed by atoms with Crippen LogP contribution >= 0.6 is 0 Å². The smallest absolute Gasteiger partial charge is 0.412 e. The Balaban J connectivity index is 1.40. The maximum Gasteiger partial charge on any atom is 0.412 e. The summed E-state index contributed by atoms with van der Waals surface area (Å²) in [6.45, 7) is 7.55. The van der Waals surface area contributed by atoms with E-state index in [-0.39, 0.29) is 49.9 Å². The quantitative estimate of drug-likeness (QED) is 0.0568. The van der Waals surface area contributed by atoms with E-state index in [1.54, 1.807) is 36.4 Å². The first-order valence-corrected chi connectivity index (χ1v) is 23.0. The third kappa shape index (κ3) is 10.5. The molecule has 2 amide bonds. The summed E-state index contributed by atoms with van der Waals surface area (Å²) in [5, 5.41) is 37.3. The van der Waals surface area contributed by atoms with Crippen LogP contribution in [0.1, 0.15) is 111 Å². The highest BCUT2D eigenvalue weighted by Crippen LogP contribution is 2.62. The number of nitrogens with zero attached hydrogens (tertiary/aromatic N) is 3. The van der Waals surface area contributed by atoms with Crippen molar-refractivity contribution >= 4 is 17.7 Å². The zero-order valence-electron chi connectivity index (χ0n) is 36.9. The van der Waals surface area contributed by atoms with Crippen molar-refractivity contribution in [3.63, 3.8) is 0 Å². The standard InChI is InChI=1S/C51H62N4O9/c1-3-25-55(49(58)37-21-19-35(33-52)20-22-37)45-32-43(54-64-46-18-10-13-29-60-46)41-30-38(16-8-11-26-56)40(17-9-12-27-57)47-42-31-39(62-50(59)53-34-36-14-6-5-7-15-36)23-24-44(42)63-51(45,48(41)47)61-28-4-2/h4-7,14-15,19-24,30-31,38,40,45-48,56-57H,2-3,8-13,16-18,25-29,32,34H2,1H3,(H,53,59). The average Bonchev–Trinajstić information content (AvgIpc) is 3.33. The van der Waals surface area contributed by atoms with Gasteiger partial charge in [-0.15, -0.1) is 6.58 Å². The summed E-state index contributed by atoms with van der Waals surface area (Å²) in [6, 6.07) is 23.1. The highest BCUT2D eigenvalue weighted by Gasteiger charge is 2.65. The van der Waals surface area contributed by atoms with Crippen LogP contribution in [0.15, 0.2) is 102 Å². The van der Waals surface area contributed by atoms with Crippen molar-refractivity contribution in [1.29, 1.82) is 5.26 Å². The first kappa shape index (κ1) is 46.5. The topological polar surface area (TPSA) is 172 Å². The summed E-state index contributed by atoms with van der Waals surface area (Å²) in [6.07, 6.45) is 10.7. The summed E-state index contributed by atoms with van der Waals surface area (Å²) >= 11 is 0. The molecule has 7 atom stereocenters. The number of nitriles is 1. The monoisotopic (exact) mass is 874 g/mol. The molecule has 3 aromatic carbocycles. The van der Waals surface area contributed by atoms with Crippen molar-refractivity contribution in [3.8, 4) is 17.6 Å². The van der Waals surface area contributed by atoms with E-state index in [9.17, 15) is 25.1 Å². The van der Waals surface area contributed by atoms with E-state index in [1.807, 2.05) is 54.3 Å². The SMILES string of the molecule is C=CCOC12Oc3ccc(OC(=O)NCc4ccccc4)cc3C3C(CCCCO)C(CCCCO)C=C(C(=NOC4CCCCO4)CC1N(CCC)C(=O)c1ccc(C#N)cc1)C32. The number of hydrogen-bond acceptors (Lipinski definition) is 11. The van der Waals surface area contributed by atoms with Gasteiger partial charge < -0.3 is 44.2 Å². The van der Waals surface area contributed by atoms with Crippen molar-refractivity contribution in [2.45, 2.75) is 108 Å². The first-order valence-electron chi connectivity index (χ1n) is 23.0. The molecule has 0 radical (unpaired) electrons. The molecule has 2 aliphatic carbocycles. The van der Waals surface area contributed by atoms with Gasteiger partial charge in [-0.1, -0.05) is 67.4 Å². The Kier molecular flexibility index (Phi) is 16.3. The first-order chi connectivity index (χ1) is 31.3. The molecule has 2 heterocycles. The summed E-state index contributed by atoms with van der Waals surface area (Å²) in [5.41, 5.74) is 4.21. The number of aliphatic hydroxyl groups excluding tert-OH is 2. The van der Waals surface area contributed by atoms with E-state index in [0.29, 0.717) is 73.7 Å². The Morgan fingerprint density at radius 3 is 2.52 bits per heavy atom. The summed E-state index contributed by atoms with van der Waals surface area (Å²) in [4.78, 5) is 36.4.